The highest BCUT2D eigenvalue weighted by Crippen LogP contribution is 2.14. The van der Waals surface area contributed by atoms with Gasteiger partial charge in [-0.05, 0) is 36.1 Å². The number of amides is 1. The Bertz CT molecular complexity index is 831. The maximum absolute atomic E-state index is 13.6. The first kappa shape index (κ1) is 23.4. The van der Waals surface area contributed by atoms with Gasteiger partial charge in [0.1, 0.15) is 5.82 Å². The Hall–Kier alpha value is -2.28. The summed E-state index contributed by atoms with van der Waals surface area (Å²) >= 11 is 0. The van der Waals surface area contributed by atoms with Crippen LogP contribution in [0.1, 0.15) is 29.8 Å². The lowest BCUT2D eigenvalue weighted by molar-refractivity contribution is -0.0510. The number of hydrogen-bond acceptors (Lipinski definition) is 4. The number of rotatable bonds is 9. The number of carbonyl (C=O) groups is 1. The van der Waals surface area contributed by atoms with Crippen LogP contribution in [0.15, 0.2) is 54.6 Å². The van der Waals surface area contributed by atoms with Gasteiger partial charge in [0.15, 0.2) is 0 Å². The fourth-order valence-corrected chi connectivity index (χ4v) is 4.04. The second-order valence-electron chi connectivity index (χ2n) is 8.71. The standard InChI is InChI=1S/C25H33FN2O3/c1-19(2)15-28(25(30)21-9-6-10-22(26)14-21)18-24-17-27(11-12-31-24)16-23(29)13-20-7-4-3-5-8-20/h3-10,14,19,23-24,29H,11-13,15-18H2,1-2H3/t23-,24+/m1/s1. The summed E-state index contributed by atoms with van der Waals surface area (Å²) in [5, 5.41) is 10.5. The number of halogens is 1. The molecule has 1 heterocycles. The molecule has 1 N–H and O–H groups in total. The molecule has 0 saturated carbocycles. The Labute approximate surface area is 184 Å². The van der Waals surface area contributed by atoms with Gasteiger partial charge in [-0.2, -0.15) is 0 Å². The van der Waals surface area contributed by atoms with Gasteiger partial charge in [-0.3, -0.25) is 9.69 Å². The van der Waals surface area contributed by atoms with E-state index in [9.17, 15) is 14.3 Å². The van der Waals surface area contributed by atoms with Crippen LogP contribution in [0.5, 0.6) is 0 Å². The molecule has 0 bridgehead atoms. The van der Waals surface area contributed by atoms with Gasteiger partial charge in [-0.1, -0.05) is 50.2 Å². The molecule has 5 nitrogen and oxygen atoms in total. The van der Waals surface area contributed by atoms with Crippen molar-refractivity contribution in [3.05, 3.63) is 71.5 Å². The zero-order valence-corrected chi connectivity index (χ0v) is 18.4. The normalized spacial score (nSPS) is 18.2. The molecule has 1 aliphatic rings. The second kappa shape index (κ2) is 11.4. The van der Waals surface area contributed by atoms with Gasteiger partial charge >= 0.3 is 0 Å². The van der Waals surface area contributed by atoms with Crippen molar-refractivity contribution in [2.24, 2.45) is 5.92 Å². The molecular weight excluding hydrogens is 395 g/mol. The van der Waals surface area contributed by atoms with Gasteiger partial charge < -0.3 is 14.7 Å². The zero-order valence-electron chi connectivity index (χ0n) is 18.4. The molecule has 0 aromatic heterocycles. The van der Waals surface area contributed by atoms with E-state index in [2.05, 4.69) is 18.7 Å². The van der Waals surface area contributed by atoms with Crippen molar-refractivity contribution >= 4 is 5.91 Å². The number of morpholine rings is 1. The number of benzene rings is 2. The third kappa shape index (κ3) is 7.42. The molecule has 3 rings (SSSR count). The first-order valence-electron chi connectivity index (χ1n) is 11.0. The highest BCUT2D eigenvalue weighted by Gasteiger charge is 2.27. The molecule has 0 aliphatic carbocycles. The van der Waals surface area contributed by atoms with Crippen molar-refractivity contribution in [1.29, 1.82) is 0 Å². The summed E-state index contributed by atoms with van der Waals surface area (Å²) in [6.07, 6.45) is 0.0104. The fraction of sp³-hybridized carbons (Fsp3) is 0.480. The minimum Gasteiger partial charge on any atom is -0.391 e. The largest absolute Gasteiger partial charge is 0.391 e. The summed E-state index contributed by atoms with van der Waals surface area (Å²) in [7, 11) is 0. The molecule has 2 aromatic carbocycles. The van der Waals surface area contributed by atoms with Crippen molar-refractivity contribution in [2.45, 2.75) is 32.5 Å². The smallest absolute Gasteiger partial charge is 0.254 e. The van der Waals surface area contributed by atoms with E-state index in [1.165, 1.54) is 12.1 Å². The van der Waals surface area contributed by atoms with E-state index >= 15 is 0 Å². The van der Waals surface area contributed by atoms with Gasteiger partial charge in [-0.25, -0.2) is 4.39 Å². The van der Waals surface area contributed by atoms with E-state index < -0.39 is 11.9 Å². The number of ether oxygens (including phenoxy) is 1. The van der Waals surface area contributed by atoms with E-state index in [4.69, 9.17) is 4.74 Å². The highest BCUT2D eigenvalue weighted by atomic mass is 19.1. The van der Waals surface area contributed by atoms with E-state index in [1.807, 2.05) is 30.3 Å². The summed E-state index contributed by atoms with van der Waals surface area (Å²) in [5.74, 6) is -0.314. The number of nitrogens with zero attached hydrogens (tertiary/aromatic N) is 2. The average molecular weight is 429 g/mol. The van der Waals surface area contributed by atoms with Crippen LogP contribution in [-0.2, 0) is 11.2 Å². The Balaban J connectivity index is 1.58. The SMILES string of the molecule is CC(C)CN(C[C@@H]1CN(C[C@H](O)Cc2ccccc2)CCO1)C(=O)c1cccc(F)c1. The minimum atomic E-state index is -0.457. The maximum atomic E-state index is 13.6. The van der Waals surface area contributed by atoms with Crippen LogP contribution >= 0.6 is 0 Å². The Morgan fingerprint density at radius 2 is 2.00 bits per heavy atom. The van der Waals surface area contributed by atoms with Crippen LogP contribution in [0.25, 0.3) is 0 Å². The summed E-state index contributed by atoms with van der Waals surface area (Å²) in [6, 6.07) is 15.8. The molecule has 1 saturated heterocycles. The number of aliphatic hydroxyl groups excluding tert-OH is 1. The minimum absolute atomic E-state index is 0.145. The topological polar surface area (TPSA) is 53.0 Å². The highest BCUT2D eigenvalue weighted by molar-refractivity contribution is 5.94. The number of carbonyl (C=O) groups excluding carboxylic acids is 1. The van der Waals surface area contributed by atoms with Gasteiger partial charge in [-0.15, -0.1) is 0 Å². The third-order valence-electron chi connectivity index (χ3n) is 5.37. The van der Waals surface area contributed by atoms with Crippen molar-refractivity contribution < 1.29 is 19.0 Å². The van der Waals surface area contributed by atoms with E-state index in [-0.39, 0.29) is 17.9 Å². The molecule has 1 amide bonds. The number of β-amino-alcohol motifs (C(OH)–C–C–N with tert-alkyl or cyclic N) is 1. The van der Waals surface area contributed by atoms with Crippen LogP contribution in [0.3, 0.4) is 0 Å². The van der Waals surface area contributed by atoms with Crippen LogP contribution in [0.4, 0.5) is 4.39 Å². The molecule has 31 heavy (non-hydrogen) atoms. The monoisotopic (exact) mass is 428 g/mol. The summed E-state index contributed by atoms with van der Waals surface area (Å²) < 4.78 is 19.6. The maximum Gasteiger partial charge on any atom is 0.254 e. The molecule has 168 valence electrons. The molecule has 0 unspecified atom stereocenters. The van der Waals surface area contributed by atoms with E-state index in [1.54, 1.807) is 17.0 Å². The first-order chi connectivity index (χ1) is 14.9. The molecular formula is C25H33FN2O3. The lowest BCUT2D eigenvalue weighted by atomic mass is 10.1. The second-order valence-corrected chi connectivity index (χ2v) is 8.71. The summed E-state index contributed by atoms with van der Waals surface area (Å²) in [4.78, 5) is 17.0. The number of hydrogen-bond donors (Lipinski definition) is 1. The molecule has 6 heteroatoms. The number of aliphatic hydroxyl groups is 1. The lowest BCUT2D eigenvalue weighted by Crippen LogP contribution is -2.51. The van der Waals surface area contributed by atoms with Crippen LogP contribution in [0.2, 0.25) is 0 Å². The predicted molar refractivity (Wildman–Crippen MR) is 119 cm³/mol. The summed E-state index contributed by atoms with van der Waals surface area (Å²) in [6.45, 7) is 7.66. The molecule has 0 spiro atoms. The van der Waals surface area contributed by atoms with Crippen molar-refractivity contribution in [3.63, 3.8) is 0 Å². The molecule has 1 fully saturated rings. The van der Waals surface area contributed by atoms with Crippen LogP contribution < -0.4 is 0 Å². The third-order valence-corrected chi connectivity index (χ3v) is 5.37. The first-order valence-corrected chi connectivity index (χ1v) is 11.0. The van der Waals surface area contributed by atoms with Gasteiger partial charge in [0.05, 0.1) is 18.8 Å². The predicted octanol–water partition coefficient (Wildman–Crippen LogP) is 3.23. The molecule has 0 radical (unpaired) electrons. The Kier molecular flexibility index (Phi) is 8.58. The Morgan fingerprint density at radius 1 is 1.23 bits per heavy atom. The molecule has 2 atom stereocenters. The van der Waals surface area contributed by atoms with Crippen LogP contribution in [0, 0.1) is 11.7 Å². The molecule has 1 aliphatic heterocycles. The van der Waals surface area contributed by atoms with E-state index in [0.717, 1.165) is 12.1 Å². The molecule has 2 aromatic rings. The average Bonchev–Trinajstić information content (AvgIpc) is 2.73. The van der Waals surface area contributed by atoms with Crippen molar-refractivity contribution in [2.75, 3.05) is 39.3 Å². The fourth-order valence-electron chi connectivity index (χ4n) is 4.04. The van der Waals surface area contributed by atoms with Crippen LogP contribution in [-0.4, -0.2) is 72.4 Å². The van der Waals surface area contributed by atoms with Crippen molar-refractivity contribution in [3.8, 4) is 0 Å². The van der Waals surface area contributed by atoms with E-state index in [0.29, 0.717) is 44.8 Å². The summed E-state index contributed by atoms with van der Waals surface area (Å²) in [5.41, 5.74) is 1.47. The van der Waals surface area contributed by atoms with Gasteiger partial charge in [0.25, 0.3) is 5.91 Å². The van der Waals surface area contributed by atoms with Gasteiger partial charge in [0.2, 0.25) is 0 Å². The Morgan fingerprint density at radius 3 is 2.71 bits per heavy atom. The zero-order chi connectivity index (χ0) is 22.2. The quantitative estimate of drug-likeness (QED) is 0.666. The van der Waals surface area contributed by atoms with Gasteiger partial charge in [0, 0.05) is 38.3 Å². The van der Waals surface area contributed by atoms with Crippen molar-refractivity contribution in [1.82, 2.24) is 9.80 Å². The lowest BCUT2D eigenvalue weighted by Gasteiger charge is -2.37.